The van der Waals surface area contributed by atoms with Gasteiger partial charge in [0.05, 0.1) is 13.0 Å². The molecule has 0 saturated heterocycles. The molecule has 19 heavy (non-hydrogen) atoms. The average molecular weight is 283 g/mol. The number of benzene rings is 1. The van der Waals surface area contributed by atoms with Gasteiger partial charge in [-0.25, -0.2) is 0 Å². The van der Waals surface area contributed by atoms with Gasteiger partial charge in [-0.1, -0.05) is 45.0 Å². The lowest BCUT2D eigenvalue weighted by molar-refractivity contribution is -0.143. The van der Waals surface area contributed by atoms with E-state index in [0.29, 0.717) is 13.0 Å². The molecule has 1 aromatic carbocycles. The van der Waals surface area contributed by atoms with Crippen molar-refractivity contribution in [2.45, 2.75) is 51.3 Å². The number of hydrogen-bond acceptors (Lipinski definition) is 2. The molecule has 2 nitrogen and oxygen atoms in total. The number of ether oxygens (including phenoxy) is 1. The maximum atomic E-state index is 11.3. The first-order valence-corrected chi connectivity index (χ1v) is 7.15. The minimum Gasteiger partial charge on any atom is -0.466 e. The molecule has 0 aliphatic carbocycles. The van der Waals surface area contributed by atoms with Crippen LogP contribution in [-0.2, 0) is 21.4 Å². The van der Waals surface area contributed by atoms with Crippen molar-refractivity contribution in [3.05, 3.63) is 35.4 Å². The number of rotatable bonds is 5. The third-order valence-electron chi connectivity index (χ3n) is 2.97. The van der Waals surface area contributed by atoms with Gasteiger partial charge in [0.25, 0.3) is 0 Å². The van der Waals surface area contributed by atoms with Gasteiger partial charge in [-0.15, -0.1) is 11.6 Å². The molecule has 0 aliphatic rings. The van der Waals surface area contributed by atoms with Crippen LogP contribution in [0.3, 0.4) is 0 Å². The van der Waals surface area contributed by atoms with E-state index in [1.165, 1.54) is 5.56 Å². The van der Waals surface area contributed by atoms with Gasteiger partial charge in [0.15, 0.2) is 0 Å². The first kappa shape index (κ1) is 16.0. The normalized spacial score (nSPS) is 13.1. The summed E-state index contributed by atoms with van der Waals surface area (Å²) < 4.78 is 4.89. The molecule has 0 amide bonds. The van der Waals surface area contributed by atoms with Crippen LogP contribution in [0.5, 0.6) is 0 Å². The molecule has 0 heterocycles. The molecule has 1 aromatic rings. The van der Waals surface area contributed by atoms with E-state index >= 15 is 0 Å². The van der Waals surface area contributed by atoms with Gasteiger partial charge in [-0.3, -0.25) is 4.79 Å². The van der Waals surface area contributed by atoms with Gasteiger partial charge < -0.3 is 4.74 Å². The summed E-state index contributed by atoms with van der Waals surface area (Å²) in [5, 5.41) is -0.209. The van der Waals surface area contributed by atoms with Crippen molar-refractivity contribution in [2.24, 2.45) is 0 Å². The number of carbonyl (C=O) groups is 1. The average Bonchev–Trinajstić information content (AvgIpc) is 2.28. The van der Waals surface area contributed by atoms with Crippen molar-refractivity contribution in [3.8, 4) is 0 Å². The van der Waals surface area contributed by atoms with E-state index in [1.54, 1.807) is 6.92 Å². The molecule has 1 rings (SSSR count). The SMILES string of the molecule is CCOC(=O)CC(Cl)Cc1ccc(C(C)(C)C)cc1. The highest BCUT2D eigenvalue weighted by Crippen LogP contribution is 2.23. The molecular formula is C16H23ClO2. The highest BCUT2D eigenvalue weighted by Gasteiger charge is 2.15. The molecule has 0 fully saturated rings. The van der Waals surface area contributed by atoms with E-state index in [4.69, 9.17) is 16.3 Å². The maximum absolute atomic E-state index is 11.3. The van der Waals surface area contributed by atoms with Gasteiger partial charge in [-0.05, 0) is 29.9 Å². The van der Waals surface area contributed by atoms with Gasteiger partial charge in [0.1, 0.15) is 0 Å². The lowest BCUT2D eigenvalue weighted by Gasteiger charge is -2.19. The molecule has 0 bridgehead atoms. The van der Waals surface area contributed by atoms with Crippen LogP contribution in [0, 0.1) is 0 Å². The van der Waals surface area contributed by atoms with Crippen molar-refractivity contribution in [3.63, 3.8) is 0 Å². The molecule has 0 N–H and O–H groups in total. The zero-order valence-corrected chi connectivity index (χ0v) is 13.0. The van der Waals surface area contributed by atoms with Crippen LogP contribution in [0.1, 0.15) is 45.2 Å². The summed E-state index contributed by atoms with van der Waals surface area (Å²) in [6.45, 7) is 8.77. The smallest absolute Gasteiger partial charge is 0.307 e. The molecule has 106 valence electrons. The van der Waals surface area contributed by atoms with Crippen molar-refractivity contribution in [2.75, 3.05) is 6.61 Å². The van der Waals surface area contributed by atoms with Crippen molar-refractivity contribution >= 4 is 17.6 Å². The Kier molecular flexibility index (Phi) is 5.86. The fraction of sp³-hybridized carbons (Fsp3) is 0.562. The number of halogens is 1. The van der Waals surface area contributed by atoms with Crippen LogP contribution in [0.2, 0.25) is 0 Å². The fourth-order valence-corrected chi connectivity index (χ4v) is 2.17. The van der Waals surface area contributed by atoms with Crippen molar-refractivity contribution in [1.82, 2.24) is 0 Å². The quantitative estimate of drug-likeness (QED) is 0.601. The Hall–Kier alpha value is -1.02. The van der Waals surface area contributed by atoms with Gasteiger partial charge in [0, 0.05) is 5.38 Å². The minimum atomic E-state index is -0.228. The van der Waals surface area contributed by atoms with Crippen LogP contribution in [0.15, 0.2) is 24.3 Å². The van der Waals surface area contributed by atoms with Gasteiger partial charge in [0.2, 0.25) is 0 Å². The summed E-state index contributed by atoms with van der Waals surface area (Å²) in [7, 11) is 0. The van der Waals surface area contributed by atoms with Crippen LogP contribution in [0.25, 0.3) is 0 Å². The summed E-state index contributed by atoms with van der Waals surface area (Å²) in [6, 6.07) is 8.43. The monoisotopic (exact) mass is 282 g/mol. The first-order valence-electron chi connectivity index (χ1n) is 6.72. The lowest BCUT2D eigenvalue weighted by atomic mass is 9.86. The molecule has 0 aliphatic heterocycles. The highest BCUT2D eigenvalue weighted by molar-refractivity contribution is 6.21. The van der Waals surface area contributed by atoms with Gasteiger partial charge >= 0.3 is 5.97 Å². The molecule has 1 unspecified atom stereocenters. The number of esters is 1. The van der Waals surface area contributed by atoms with E-state index in [1.807, 2.05) is 0 Å². The fourth-order valence-electron chi connectivity index (χ4n) is 1.87. The van der Waals surface area contributed by atoms with Crippen LogP contribution < -0.4 is 0 Å². The Bertz CT molecular complexity index is 404. The molecule has 1 atom stereocenters. The molecule has 3 heteroatoms. The Labute approximate surface area is 121 Å². The number of alkyl halides is 1. The van der Waals surface area contributed by atoms with E-state index < -0.39 is 0 Å². The topological polar surface area (TPSA) is 26.3 Å². The second-order valence-corrected chi connectivity index (χ2v) is 6.37. The summed E-state index contributed by atoms with van der Waals surface area (Å²) in [5.74, 6) is -0.228. The van der Waals surface area contributed by atoms with E-state index in [2.05, 4.69) is 45.0 Å². The number of carbonyl (C=O) groups excluding carboxylic acids is 1. The highest BCUT2D eigenvalue weighted by atomic mass is 35.5. The van der Waals surface area contributed by atoms with Gasteiger partial charge in [-0.2, -0.15) is 0 Å². The first-order chi connectivity index (χ1) is 8.82. The van der Waals surface area contributed by atoms with E-state index in [9.17, 15) is 4.79 Å². The summed E-state index contributed by atoms with van der Waals surface area (Å²) >= 11 is 6.17. The Morgan fingerprint density at radius 3 is 2.32 bits per heavy atom. The van der Waals surface area contributed by atoms with Crippen molar-refractivity contribution in [1.29, 1.82) is 0 Å². The third kappa shape index (κ3) is 5.65. The summed E-state index contributed by atoms with van der Waals surface area (Å²) in [4.78, 5) is 11.3. The molecule has 0 spiro atoms. The second kappa shape index (κ2) is 6.95. The Morgan fingerprint density at radius 1 is 1.26 bits per heavy atom. The summed E-state index contributed by atoms with van der Waals surface area (Å²) in [5.41, 5.74) is 2.61. The Morgan fingerprint density at radius 2 is 1.84 bits per heavy atom. The van der Waals surface area contributed by atoms with Crippen LogP contribution >= 0.6 is 11.6 Å². The standard InChI is InChI=1S/C16H23ClO2/c1-5-19-15(18)11-14(17)10-12-6-8-13(9-7-12)16(2,3)4/h6-9,14H,5,10-11H2,1-4H3. The van der Waals surface area contributed by atoms with E-state index in [-0.39, 0.29) is 23.2 Å². The molecule has 0 radical (unpaired) electrons. The molecule has 0 saturated carbocycles. The summed E-state index contributed by atoms with van der Waals surface area (Å²) in [6.07, 6.45) is 0.946. The van der Waals surface area contributed by atoms with Crippen LogP contribution in [0.4, 0.5) is 0 Å². The molecule has 0 aromatic heterocycles. The zero-order valence-electron chi connectivity index (χ0n) is 12.2. The van der Waals surface area contributed by atoms with E-state index in [0.717, 1.165) is 5.56 Å². The zero-order chi connectivity index (χ0) is 14.5. The maximum Gasteiger partial charge on any atom is 0.307 e. The second-order valence-electron chi connectivity index (χ2n) is 5.76. The Balaban J connectivity index is 2.56. The third-order valence-corrected chi connectivity index (χ3v) is 3.28. The predicted octanol–water partition coefficient (Wildman–Crippen LogP) is 4.09. The van der Waals surface area contributed by atoms with Crippen LogP contribution in [-0.4, -0.2) is 18.0 Å². The largest absolute Gasteiger partial charge is 0.466 e. The minimum absolute atomic E-state index is 0.157. The molecular weight excluding hydrogens is 260 g/mol. The van der Waals surface area contributed by atoms with Crippen molar-refractivity contribution < 1.29 is 9.53 Å². The lowest BCUT2D eigenvalue weighted by Crippen LogP contribution is -2.14. The predicted molar refractivity (Wildman–Crippen MR) is 79.7 cm³/mol. The number of hydrogen-bond donors (Lipinski definition) is 0.